The molecule has 1 aromatic rings. The Bertz CT molecular complexity index is 394. The second kappa shape index (κ2) is 4.21. The van der Waals surface area contributed by atoms with Crippen molar-refractivity contribution in [2.45, 2.75) is 25.0 Å². The van der Waals surface area contributed by atoms with Gasteiger partial charge in [0.1, 0.15) is 0 Å². The van der Waals surface area contributed by atoms with Crippen molar-refractivity contribution in [1.82, 2.24) is 4.98 Å². The van der Waals surface area contributed by atoms with Crippen LogP contribution in [0.5, 0.6) is 0 Å². The summed E-state index contributed by atoms with van der Waals surface area (Å²) in [5.41, 5.74) is 5.26. The average Bonchev–Trinajstić information content (AvgIpc) is 2.18. The van der Waals surface area contributed by atoms with Crippen LogP contribution in [0.3, 0.4) is 0 Å². The molecule has 1 fully saturated rings. The van der Waals surface area contributed by atoms with Crippen LogP contribution in [0.15, 0.2) is 6.07 Å². The number of ether oxygens (including phenoxy) is 1. The van der Waals surface area contributed by atoms with Gasteiger partial charge in [-0.05, 0) is 12.8 Å². The van der Waals surface area contributed by atoms with E-state index in [1.165, 1.54) is 0 Å². The van der Waals surface area contributed by atoms with Gasteiger partial charge in [0, 0.05) is 19.2 Å². The Kier molecular flexibility index (Phi) is 2.91. The molecule has 0 saturated heterocycles. The molecule has 0 atom stereocenters. The van der Waals surface area contributed by atoms with E-state index in [1.807, 2.05) is 0 Å². The quantitative estimate of drug-likeness (QED) is 0.825. The highest BCUT2D eigenvalue weighted by Gasteiger charge is 2.29. The molecule has 4 nitrogen and oxygen atoms in total. The Hall–Kier alpha value is -1.43. The van der Waals surface area contributed by atoms with Gasteiger partial charge in [-0.3, -0.25) is 0 Å². The minimum absolute atomic E-state index is 0.00143. The molecule has 6 heteroatoms. The van der Waals surface area contributed by atoms with E-state index in [0.29, 0.717) is 0 Å². The molecule has 0 aliphatic heterocycles. The predicted octanol–water partition coefficient (Wildman–Crippen LogP) is 1.53. The molecule has 0 spiro atoms. The van der Waals surface area contributed by atoms with E-state index in [1.54, 1.807) is 7.11 Å². The second-order valence-corrected chi connectivity index (χ2v) is 3.86. The monoisotopic (exact) mass is 229 g/mol. The lowest BCUT2D eigenvalue weighted by Gasteiger charge is -2.34. The van der Waals surface area contributed by atoms with Crippen molar-refractivity contribution in [1.29, 1.82) is 0 Å². The van der Waals surface area contributed by atoms with Crippen LogP contribution in [0.1, 0.15) is 12.8 Å². The van der Waals surface area contributed by atoms with Crippen LogP contribution < -0.4 is 11.1 Å². The van der Waals surface area contributed by atoms with Gasteiger partial charge < -0.3 is 15.8 Å². The maximum atomic E-state index is 13.3. The maximum absolute atomic E-state index is 13.3. The zero-order chi connectivity index (χ0) is 11.7. The summed E-state index contributed by atoms with van der Waals surface area (Å²) >= 11 is 0. The van der Waals surface area contributed by atoms with E-state index < -0.39 is 11.6 Å². The van der Waals surface area contributed by atoms with Crippen LogP contribution >= 0.6 is 0 Å². The summed E-state index contributed by atoms with van der Waals surface area (Å²) in [5, 5.41) is 2.87. The van der Waals surface area contributed by atoms with Crippen molar-refractivity contribution < 1.29 is 13.5 Å². The average molecular weight is 229 g/mol. The Morgan fingerprint density at radius 3 is 2.75 bits per heavy atom. The predicted molar refractivity (Wildman–Crippen MR) is 56.0 cm³/mol. The molecular formula is C10H13F2N3O. The molecule has 1 aromatic heterocycles. The van der Waals surface area contributed by atoms with Crippen molar-refractivity contribution in [3.63, 3.8) is 0 Å². The highest BCUT2D eigenvalue weighted by atomic mass is 19.1. The smallest absolute Gasteiger partial charge is 0.168 e. The second-order valence-electron chi connectivity index (χ2n) is 3.86. The van der Waals surface area contributed by atoms with Crippen LogP contribution in [0.4, 0.5) is 20.4 Å². The maximum Gasteiger partial charge on any atom is 0.168 e. The number of anilines is 2. The molecule has 1 aliphatic carbocycles. The highest BCUT2D eigenvalue weighted by molar-refractivity contribution is 5.45. The van der Waals surface area contributed by atoms with E-state index in [4.69, 9.17) is 10.5 Å². The van der Waals surface area contributed by atoms with Crippen molar-refractivity contribution in [3.8, 4) is 0 Å². The van der Waals surface area contributed by atoms with Gasteiger partial charge in [-0.15, -0.1) is 0 Å². The van der Waals surface area contributed by atoms with Crippen LogP contribution in [-0.4, -0.2) is 24.2 Å². The number of hydrogen-bond donors (Lipinski definition) is 2. The Morgan fingerprint density at radius 2 is 2.12 bits per heavy atom. The zero-order valence-electron chi connectivity index (χ0n) is 8.84. The molecule has 0 unspecified atom stereocenters. The van der Waals surface area contributed by atoms with Gasteiger partial charge >= 0.3 is 0 Å². The minimum atomic E-state index is -0.841. The third-order valence-electron chi connectivity index (χ3n) is 2.73. The molecule has 2 rings (SSSR count). The lowest BCUT2D eigenvalue weighted by atomic mass is 9.89. The third kappa shape index (κ3) is 2.06. The van der Waals surface area contributed by atoms with Crippen molar-refractivity contribution in [3.05, 3.63) is 17.7 Å². The summed E-state index contributed by atoms with van der Waals surface area (Å²) in [4.78, 5) is 3.62. The first-order valence-electron chi connectivity index (χ1n) is 5.01. The molecule has 88 valence electrons. The number of halogens is 2. The summed E-state index contributed by atoms with van der Waals surface area (Å²) in [6.45, 7) is 0. The number of methoxy groups -OCH3 is 1. The molecule has 0 bridgehead atoms. The molecule has 0 aromatic carbocycles. The normalized spacial score (nSPS) is 23.9. The van der Waals surface area contributed by atoms with E-state index in [0.717, 1.165) is 18.9 Å². The lowest BCUT2D eigenvalue weighted by Crippen LogP contribution is -2.40. The van der Waals surface area contributed by atoms with Crippen molar-refractivity contribution in [2.75, 3.05) is 18.2 Å². The van der Waals surface area contributed by atoms with Crippen molar-refractivity contribution >= 4 is 11.6 Å². The first-order chi connectivity index (χ1) is 7.60. The van der Waals surface area contributed by atoms with E-state index in [-0.39, 0.29) is 23.8 Å². The number of pyridine rings is 1. The van der Waals surface area contributed by atoms with Crippen molar-refractivity contribution in [2.24, 2.45) is 0 Å². The van der Waals surface area contributed by atoms with Crippen LogP contribution in [-0.2, 0) is 4.74 Å². The summed E-state index contributed by atoms with van der Waals surface area (Å²) < 4.78 is 31.2. The van der Waals surface area contributed by atoms with Gasteiger partial charge in [0.05, 0.1) is 6.10 Å². The fraction of sp³-hybridized carbons (Fsp3) is 0.500. The van der Waals surface area contributed by atoms with Gasteiger partial charge in [0.2, 0.25) is 0 Å². The lowest BCUT2D eigenvalue weighted by molar-refractivity contribution is 0.0327. The molecule has 0 amide bonds. The fourth-order valence-corrected chi connectivity index (χ4v) is 1.65. The number of nitrogen functional groups attached to an aromatic ring is 1. The van der Waals surface area contributed by atoms with Gasteiger partial charge in [-0.1, -0.05) is 0 Å². The van der Waals surface area contributed by atoms with E-state index in [2.05, 4.69) is 10.3 Å². The molecule has 1 heterocycles. The fourth-order valence-electron chi connectivity index (χ4n) is 1.65. The number of nitrogens with zero attached hydrogens (tertiary/aromatic N) is 1. The molecule has 3 N–H and O–H groups in total. The summed E-state index contributed by atoms with van der Waals surface area (Å²) in [5.74, 6) is -1.87. The SMILES string of the molecule is COC1CC(Nc2nc(N)c(F)cc2F)C1. The van der Waals surface area contributed by atoms with Gasteiger partial charge in [0.25, 0.3) is 0 Å². The zero-order valence-corrected chi connectivity index (χ0v) is 8.84. The molecule has 0 radical (unpaired) electrons. The Labute approximate surface area is 91.8 Å². The first-order valence-corrected chi connectivity index (χ1v) is 5.01. The molecular weight excluding hydrogens is 216 g/mol. The third-order valence-corrected chi connectivity index (χ3v) is 2.73. The first kappa shape index (κ1) is 11.1. The van der Waals surface area contributed by atoms with Gasteiger partial charge in [-0.2, -0.15) is 0 Å². The van der Waals surface area contributed by atoms with Gasteiger partial charge in [-0.25, -0.2) is 13.8 Å². The number of rotatable bonds is 3. The van der Waals surface area contributed by atoms with Crippen LogP contribution in [0.25, 0.3) is 0 Å². The topological polar surface area (TPSA) is 60.2 Å². The highest BCUT2D eigenvalue weighted by Crippen LogP contribution is 2.27. The Morgan fingerprint density at radius 1 is 1.44 bits per heavy atom. The molecule has 16 heavy (non-hydrogen) atoms. The van der Waals surface area contributed by atoms with E-state index >= 15 is 0 Å². The Balaban J connectivity index is 2.02. The summed E-state index contributed by atoms with van der Waals surface area (Å²) in [7, 11) is 1.63. The standard InChI is InChI=1S/C10H13F2N3O/c1-16-6-2-5(3-6)14-10-8(12)4-7(11)9(13)15-10/h4-6H,2-3H2,1H3,(H3,13,14,15). The molecule has 1 saturated carbocycles. The van der Waals surface area contributed by atoms with Crippen LogP contribution in [0.2, 0.25) is 0 Å². The van der Waals surface area contributed by atoms with Crippen LogP contribution in [0, 0.1) is 11.6 Å². The number of nitrogens with one attached hydrogen (secondary N) is 1. The largest absolute Gasteiger partial charge is 0.381 e. The number of hydrogen-bond acceptors (Lipinski definition) is 4. The minimum Gasteiger partial charge on any atom is -0.381 e. The molecule has 1 aliphatic rings. The van der Waals surface area contributed by atoms with E-state index in [9.17, 15) is 8.78 Å². The summed E-state index contributed by atoms with van der Waals surface area (Å²) in [6, 6.07) is 0.841. The number of nitrogens with two attached hydrogens (primary N) is 1. The number of aromatic nitrogens is 1. The van der Waals surface area contributed by atoms with Gasteiger partial charge in [0.15, 0.2) is 23.3 Å². The summed E-state index contributed by atoms with van der Waals surface area (Å²) in [6.07, 6.45) is 1.78.